The van der Waals surface area contributed by atoms with Crippen molar-refractivity contribution < 1.29 is 9.53 Å². The van der Waals surface area contributed by atoms with Gasteiger partial charge in [0, 0.05) is 5.69 Å². The number of hydrogen-bond donors (Lipinski definition) is 2. The molecule has 154 valence electrons. The fourth-order valence-corrected chi connectivity index (χ4v) is 3.30. The van der Waals surface area contributed by atoms with Gasteiger partial charge < -0.3 is 10.1 Å². The van der Waals surface area contributed by atoms with Crippen LogP contribution in [0.5, 0.6) is 11.5 Å². The molecule has 0 aliphatic heterocycles. The van der Waals surface area contributed by atoms with E-state index in [4.69, 9.17) is 4.74 Å². The minimum atomic E-state index is -0.132. The van der Waals surface area contributed by atoms with Crippen molar-refractivity contribution in [2.24, 2.45) is 0 Å². The molecular weight excluding hydrogens is 408 g/mol. The molecule has 0 atom stereocenters. The highest BCUT2D eigenvalue weighted by Gasteiger charge is 2.08. The predicted molar refractivity (Wildman–Crippen MR) is 124 cm³/mol. The van der Waals surface area contributed by atoms with Crippen LogP contribution in [0.3, 0.4) is 0 Å². The Bertz CT molecular complexity index is 1140. The van der Waals surface area contributed by atoms with Gasteiger partial charge in [-0.2, -0.15) is 0 Å². The van der Waals surface area contributed by atoms with Gasteiger partial charge in [-0.3, -0.25) is 9.89 Å². The van der Waals surface area contributed by atoms with E-state index in [2.05, 4.69) is 20.5 Å². The number of nitrogens with one attached hydrogen (secondary N) is 2. The Balaban J connectivity index is 1.25. The molecule has 2 N–H and O–H groups in total. The second-order valence-corrected chi connectivity index (χ2v) is 7.47. The van der Waals surface area contributed by atoms with Crippen LogP contribution in [0.25, 0.3) is 12.2 Å². The number of aromatic nitrogens is 3. The van der Waals surface area contributed by atoms with E-state index in [1.807, 2.05) is 84.9 Å². The van der Waals surface area contributed by atoms with Crippen LogP contribution in [0.2, 0.25) is 0 Å². The smallest absolute Gasteiger partial charge is 0.234 e. The molecule has 0 unspecified atom stereocenters. The highest BCUT2D eigenvalue weighted by atomic mass is 32.2. The summed E-state index contributed by atoms with van der Waals surface area (Å²) in [7, 11) is 0. The lowest BCUT2D eigenvalue weighted by Crippen LogP contribution is -2.14. The number of ether oxygens (including phenoxy) is 1. The molecule has 0 aliphatic carbocycles. The number of amides is 1. The summed E-state index contributed by atoms with van der Waals surface area (Å²) in [5.41, 5.74) is 1.78. The standard InChI is InChI=1S/C24H20N4O2S/c29-23(25-19-12-14-21(15-13-19)30-20-9-5-2-6-10-20)17-31-24-26-22(27-28-24)16-11-18-7-3-1-4-8-18/h1-16H,17H2,(H,25,29)(H,26,27,28)/b16-11+. The third kappa shape index (κ3) is 6.32. The zero-order valence-corrected chi connectivity index (χ0v) is 17.4. The summed E-state index contributed by atoms with van der Waals surface area (Å²) in [6, 6.07) is 26.7. The third-order valence-electron chi connectivity index (χ3n) is 4.16. The lowest BCUT2D eigenvalue weighted by atomic mass is 10.2. The molecule has 0 radical (unpaired) electrons. The summed E-state index contributed by atoms with van der Waals surface area (Å²) in [6.07, 6.45) is 3.80. The number of anilines is 1. The van der Waals surface area contributed by atoms with Crippen LogP contribution in [0.15, 0.2) is 90.1 Å². The molecule has 31 heavy (non-hydrogen) atoms. The maximum Gasteiger partial charge on any atom is 0.234 e. The number of H-pyrrole nitrogens is 1. The SMILES string of the molecule is O=C(CSc1n[nH]c(/C=C/c2ccccc2)n1)Nc1ccc(Oc2ccccc2)cc1. The molecule has 1 heterocycles. The van der Waals surface area contributed by atoms with Gasteiger partial charge in [-0.15, -0.1) is 5.10 Å². The molecule has 1 aromatic heterocycles. The molecule has 0 fully saturated rings. The average Bonchev–Trinajstić information content (AvgIpc) is 3.27. The number of thioether (sulfide) groups is 1. The number of para-hydroxylation sites is 1. The summed E-state index contributed by atoms with van der Waals surface area (Å²) in [6.45, 7) is 0. The molecule has 0 aliphatic rings. The fourth-order valence-electron chi connectivity index (χ4n) is 2.69. The molecule has 0 spiro atoms. The normalized spacial score (nSPS) is 10.8. The second kappa shape index (κ2) is 10.3. The van der Waals surface area contributed by atoms with Crippen molar-refractivity contribution in [3.63, 3.8) is 0 Å². The van der Waals surface area contributed by atoms with Crippen LogP contribution in [-0.2, 0) is 4.79 Å². The van der Waals surface area contributed by atoms with Gasteiger partial charge in [0.1, 0.15) is 17.3 Å². The van der Waals surface area contributed by atoms with Crippen LogP contribution < -0.4 is 10.1 Å². The van der Waals surface area contributed by atoms with Gasteiger partial charge >= 0.3 is 0 Å². The molecule has 0 saturated carbocycles. The summed E-state index contributed by atoms with van der Waals surface area (Å²) in [4.78, 5) is 16.6. The van der Waals surface area contributed by atoms with Crippen LogP contribution in [0.1, 0.15) is 11.4 Å². The molecule has 6 nitrogen and oxygen atoms in total. The van der Waals surface area contributed by atoms with E-state index >= 15 is 0 Å². The van der Waals surface area contributed by atoms with Gasteiger partial charge in [0.2, 0.25) is 11.1 Å². The molecule has 1 amide bonds. The largest absolute Gasteiger partial charge is 0.457 e. The van der Waals surface area contributed by atoms with Crippen LogP contribution in [0.4, 0.5) is 5.69 Å². The second-order valence-electron chi connectivity index (χ2n) is 6.52. The number of hydrogen-bond acceptors (Lipinski definition) is 5. The first kappa shape index (κ1) is 20.4. The first-order valence-electron chi connectivity index (χ1n) is 9.66. The van der Waals surface area contributed by atoms with E-state index in [1.165, 1.54) is 11.8 Å². The Hall–Kier alpha value is -3.84. The number of carbonyl (C=O) groups excluding carboxylic acids is 1. The van der Waals surface area contributed by atoms with Crippen molar-refractivity contribution in [2.75, 3.05) is 11.1 Å². The molecular formula is C24H20N4O2S. The molecule has 7 heteroatoms. The van der Waals surface area contributed by atoms with Crippen LogP contribution in [-0.4, -0.2) is 26.8 Å². The highest BCUT2D eigenvalue weighted by molar-refractivity contribution is 7.99. The summed E-state index contributed by atoms with van der Waals surface area (Å²) < 4.78 is 5.75. The molecule has 4 aromatic rings. The average molecular weight is 429 g/mol. The predicted octanol–water partition coefficient (Wildman–Crippen LogP) is 5.50. The topological polar surface area (TPSA) is 79.9 Å². The Kier molecular flexibility index (Phi) is 6.77. The molecule has 4 rings (SSSR count). The van der Waals surface area contributed by atoms with Gasteiger partial charge in [0.25, 0.3) is 0 Å². The maximum absolute atomic E-state index is 12.2. The number of aromatic amines is 1. The third-order valence-corrected chi connectivity index (χ3v) is 5.01. The van der Waals surface area contributed by atoms with E-state index in [0.29, 0.717) is 22.4 Å². The summed E-state index contributed by atoms with van der Waals surface area (Å²) >= 11 is 1.27. The van der Waals surface area contributed by atoms with Crippen molar-refractivity contribution in [1.82, 2.24) is 15.2 Å². The van der Waals surface area contributed by atoms with Crippen molar-refractivity contribution >= 4 is 35.5 Å². The van der Waals surface area contributed by atoms with Crippen LogP contribution >= 0.6 is 11.8 Å². The highest BCUT2D eigenvalue weighted by Crippen LogP contribution is 2.23. The first-order valence-corrected chi connectivity index (χ1v) is 10.6. The van der Waals surface area contributed by atoms with E-state index in [1.54, 1.807) is 12.1 Å². The van der Waals surface area contributed by atoms with E-state index in [-0.39, 0.29) is 11.7 Å². The fraction of sp³-hybridized carbons (Fsp3) is 0.0417. The number of benzene rings is 3. The van der Waals surface area contributed by atoms with E-state index in [0.717, 1.165) is 11.3 Å². The first-order chi connectivity index (χ1) is 15.2. The lowest BCUT2D eigenvalue weighted by Gasteiger charge is -2.07. The monoisotopic (exact) mass is 428 g/mol. The minimum absolute atomic E-state index is 0.132. The van der Waals surface area contributed by atoms with Gasteiger partial charge in [-0.1, -0.05) is 66.4 Å². The minimum Gasteiger partial charge on any atom is -0.457 e. The van der Waals surface area contributed by atoms with E-state index < -0.39 is 0 Å². The number of carbonyl (C=O) groups is 1. The summed E-state index contributed by atoms with van der Waals surface area (Å²) in [5, 5.41) is 10.4. The molecule has 0 bridgehead atoms. The molecule has 3 aromatic carbocycles. The Morgan fingerprint density at radius 1 is 0.903 bits per heavy atom. The van der Waals surface area contributed by atoms with Crippen molar-refractivity contribution in [1.29, 1.82) is 0 Å². The van der Waals surface area contributed by atoms with Crippen molar-refractivity contribution in [3.8, 4) is 11.5 Å². The molecule has 0 saturated heterocycles. The van der Waals surface area contributed by atoms with Gasteiger partial charge in [-0.05, 0) is 48.0 Å². The van der Waals surface area contributed by atoms with Gasteiger partial charge in [0.05, 0.1) is 5.75 Å². The van der Waals surface area contributed by atoms with E-state index in [9.17, 15) is 4.79 Å². The quantitative estimate of drug-likeness (QED) is 0.362. The zero-order chi connectivity index (χ0) is 21.3. The number of nitrogens with zero attached hydrogens (tertiary/aromatic N) is 2. The van der Waals surface area contributed by atoms with Gasteiger partial charge in [-0.25, -0.2) is 4.98 Å². The van der Waals surface area contributed by atoms with Gasteiger partial charge in [0.15, 0.2) is 0 Å². The van der Waals surface area contributed by atoms with Crippen molar-refractivity contribution in [2.45, 2.75) is 5.16 Å². The van der Waals surface area contributed by atoms with Crippen molar-refractivity contribution in [3.05, 3.63) is 96.3 Å². The Morgan fingerprint density at radius 3 is 2.32 bits per heavy atom. The lowest BCUT2D eigenvalue weighted by molar-refractivity contribution is -0.113. The van der Waals surface area contributed by atoms with Crippen LogP contribution in [0, 0.1) is 0 Å². The maximum atomic E-state index is 12.2. The summed E-state index contributed by atoms with van der Waals surface area (Å²) in [5.74, 6) is 2.19. The zero-order valence-electron chi connectivity index (χ0n) is 16.6. The number of rotatable bonds is 8. The Morgan fingerprint density at radius 2 is 1.58 bits per heavy atom. The Labute approximate surface area is 184 Å².